The highest BCUT2D eigenvalue weighted by Crippen LogP contribution is 2.34. The number of hydrogen-bond donors (Lipinski definition) is 0. The van der Waals surface area contributed by atoms with Crippen LogP contribution in [0.4, 0.5) is 5.69 Å². The molecule has 0 heterocycles. The van der Waals surface area contributed by atoms with Crippen molar-refractivity contribution in [1.82, 2.24) is 4.31 Å². The number of sulfonamides is 1. The highest BCUT2D eigenvalue weighted by molar-refractivity contribution is 7.89. The summed E-state index contributed by atoms with van der Waals surface area (Å²) in [6.45, 7) is 0.167. The molecule has 0 fully saturated rings. The van der Waals surface area contributed by atoms with Crippen LogP contribution in [0, 0.1) is 10.1 Å². The first-order valence-corrected chi connectivity index (χ1v) is 11.0. The van der Waals surface area contributed by atoms with Crippen LogP contribution in [0.15, 0.2) is 89.8 Å². The van der Waals surface area contributed by atoms with Gasteiger partial charge in [0.25, 0.3) is 15.7 Å². The number of hydrogen-bond acceptors (Lipinski definition) is 4. The van der Waals surface area contributed by atoms with Gasteiger partial charge in [-0.05, 0) is 36.1 Å². The van der Waals surface area contributed by atoms with Crippen LogP contribution in [-0.4, -0.2) is 17.6 Å². The van der Waals surface area contributed by atoms with Crippen molar-refractivity contribution in [3.63, 3.8) is 0 Å². The number of aryl methyl sites for hydroxylation is 1. The molecule has 3 aromatic carbocycles. The smallest absolute Gasteiger partial charge is 0.262 e. The molecule has 0 N–H and O–H groups in total. The van der Waals surface area contributed by atoms with Crippen LogP contribution in [0.1, 0.15) is 23.1 Å². The SMILES string of the molecule is O=[N+]([O-])c1ccc(S(=O)(=O)N(Cc2ccccc2)C2=CCCc3ccccc32)cc1. The maximum absolute atomic E-state index is 13.6. The number of nitrogens with zero attached hydrogens (tertiary/aromatic N) is 2. The summed E-state index contributed by atoms with van der Waals surface area (Å²) in [7, 11) is -3.94. The van der Waals surface area contributed by atoms with Crippen LogP contribution in [0.3, 0.4) is 0 Å². The Balaban J connectivity index is 1.81. The minimum Gasteiger partial charge on any atom is -0.262 e. The molecule has 0 aromatic heterocycles. The molecular weight excluding hydrogens is 400 g/mol. The summed E-state index contributed by atoms with van der Waals surface area (Å²) < 4.78 is 28.7. The van der Waals surface area contributed by atoms with Gasteiger partial charge in [0.2, 0.25) is 0 Å². The number of nitro groups is 1. The summed E-state index contributed by atoms with van der Waals surface area (Å²) in [6, 6.07) is 22.2. The van der Waals surface area contributed by atoms with Crippen LogP contribution in [0.2, 0.25) is 0 Å². The Kier molecular flexibility index (Phi) is 5.37. The lowest BCUT2D eigenvalue weighted by Crippen LogP contribution is -2.30. The van der Waals surface area contributed by atoms with Crippen LogP contribution in [-0.2, 0) is 23.0 Å². The molecule has 0 aliphatic heterocycles. The van der Waals surface area contributed by atoms with E-state index in [1.165, 1.54) is 28.6 Å². The van der Waals surface area contributed by atoms with Gasteiger partial charge < -0.3 is 0 Å². The van der Waals surface area contributed by atoms with Crippen molar-refractivity contribution in [2.75, 3.05) is 0 Å². The van der Waals surface area contributed by atoms with Crippen LogP contribution >= 0.6 is 0 Å². The van der Waals surface area contributed by atoms with E-state index in [2.05, 4.69) is 0 Å². The third-order valence-electron chi connectivity index (χ3n) is 5.12. The molecule has 7 heteroatoms. The molecular formula is C23H20N2O4S. The maximum atomic E-state index is 13.6. The van der Waals surface area contributed by atoms with Crippen molar-refractivity contribution in [3.05, 3.63) is 112 Å². The highest BCUT2D eigenvalue weighted by atomic mass is 32.2. The number of allylic oxidation sites excluding steroid dienone is 1. The average molecular weight is 420 g/mol. The van der Waals surface area contributed by atoms with E-state index >= 15 is 0 Å². The lowest BCUT2D eigenvalue weighted by Gasteiger charge is -2.30. The monoisotopic (exact) mass is 420 g/mol. The topological polar surface area (TPSA) is 80.5 Å². The second-order valence-corrected chi connectivity index (χ2v) is 8.90. The normalized spacial score (nSPS) is 13.3. The second kappa shape index (κ2) is 8.12. The van der Waals surface area contributed by atoms with Crippen molar-refractivity contribution in [2.24, 2.45) is 0 Å². The van der Waals surface area contributed by atoms with Gasteiger partial charge in [0.05, 0.1) is 22.1 Å². The number of benzene rings is 3. The molecule has 0 unspecified atom stereocenters. The minimum absolute atomic E-state index is 0.0213. The number of nitro benzene ring substituents is 1. The van der Waals surface area contributed by atoms with Gasteiger partial charge in [-0.3, -0.25) is 14.4 Å². The zero-order chi connectivity index (χ0) is 21.1. The molecule has 0 bridgehead atoms. The summed E-state index contributed by atoms with van der Waals surface area (Å²) >= 11 is 0. The molecule has 0 amide bonds. The predicted octanol–water partition coefficient (Wildman–Crippen LogP) is 4.77. The molecule has 30 heavy (non-hydrogen) atoms. The van der Waals surface area contributed by atoms with Gasteiger partial charge in [-0.15, -0.1) is 0 Å². The lowest BCUT2D eigenvalue weighted by atomic mass is 9.94. The Hall–Kier alpha value is -3.45. The van der Waals surface area contributed by atoms with Crippen LogP contribution in [0.5, 0.6) is 0 Å². The predicted molar refractivity (Wildman–Crippen MR) is 115 cm³/mol. The zero-order valence-electron chi connectivity index (χ0n) is 16.1. The third kappa shape index (κ3) is 3.84. The molecule has 152 valence electrons. The molecule has 0 spiro atoms. The van der Waals surface area contributed by atoms with Gasteiger partial charge in [-0.2, -0.15) is 0 Å². The Morgan fingerprint density at radius 1 is 0.900 bits per heavy atom. The maximum Gasteiger partial charge on any atom is 0.269 e. The fourth-order valence-electron chi connectivity index (χ4n) is 3.61. The van der Waals surface area contributed by atoms with Crippen molar-refractivity contribution < 1.29 is 13.3 Å². The minimum atomic E-state index is -3.94. The van der Waals surface area contributed by atoms with Gasteiger partial charge in [-0.1, -0.05) is 60.7 Å². The molecule has 1 aliphatic carbocycles. The Labute approximate surface area is 175 Å². The van der Waals surface area contributed by atoms with Crippen molar-refractivity contribution in [2.45, 2.75) is 24.3 Å². The van der Waals surface area contributed by atoms with Crippen LogP contribution in [0.25, 0.3) is 5.70 Å². The molecule has 0 saturated carbocycles. The zero-order valence-corrected chi connectivity index (χ0v) is 17.0. The van der Waals surface area contributed by atoms with E-state index in [1.807, 2.05) is 60.7 Å². The molecule has 3 aromatic rings. The van der Waals surface area contributed by atoms with E-state index in [0.29, 0.717) is 5.70 Å². The fourth-order valence-corrected chi connectivity index (χ4v) is 5.10. The number of rotatable bonds is 6. The van der Waals surface area contributed by atoms with Gasteiger partial charge in [0, 0.05) is 17.7 Å². The molecule has 0 radical (unpaired) electrons. The standard InChI is InChI=1S/C23H20N2O4S/c26-25(27)20-13-15-21(16-14-20)30(28,29)24(17-18-7-2-1-3-8-18)23-12-6-10-19-9-4-5-11-22(19)23/h1-5,7-9,11-16H,6,10,17H2. The lowest BCUT2D eigenvalue weighted by molar-refractivity contribution is -0.384. The first kappa shape index (κ1) is 19.8. The van der Waals surface area contributed by atoms with E-state index in [9.17, 15) is 18.5 Å². The van der Waals surface area contributed by atoms with Gasteiger partial charge in [0.15, 0.2) is 0 Å². The highest BCUT2D eigenvalue weighted by Gasteiger charge is 2.30. The Morgan fingerprint density at radius 2 is 1.57 bits per heavy atom. The summed E-state index contributed by atoms with van der Waals surface area (Å²) in [5, 5.41) is 11.0. The number of non-ortho nitro benzene ring substituents is 1. The van der Waals surface area contributed by atoms with E-state index < -0.39 is 14.9 Å². The molecule has 6 nitrogen and oxygen atoms in total. The number of fused-ring (bicyclic) bond motifs is 1. The van der Waals surface area contributed by atoms with Gasteiger partial charge in [-0.25, -0.2) is 8.42 Å². The Bertz CT molecular complexity index is 1200. The van der Waals surface area contributed by atoms with E-state index in [4.69, 9.17) is 0 Å². The van der Waals surface area contributed by atoms with Crippen molar-refractivity contribution in [1.29, 1.82) is 0 Å². The summed E-state index contributed by atoms with van der Waals surface area (Å²) in [6.07, 6.45) is 3.55. The average Bonchev–Trinajstić information content (AvgIpc) is 2.78. The summed E-state index contributed by atoms with van der Waals surface area (Å²) in [5.74, 6) is 0. The van der Waals surface area contributed by atoms with E-state index in [-0.39, 0.29) is 17.1 Å². The molecule has 0 saturated heterocycles. The van der Waals surface area contributed by atoms with E-state index in [1.54, 1.807) is 0 Å². The van der Waals surface area contributed by atoms with Crippen molar-refractivity contribution in [3.8, 4) is 0 Å². The second-order valence-electron chi connectivity index (χ2n) is 7.03. The first-order valence-electron chi connectivity index (χ1n) is 9.56. The van der Waals surface area contributed by atoms with E-state index in [0.717, 1.165) is 29.5 Å². The Morgan fingerprint density at radius 3 is 2.27 bits per heavy atom. The first-order chi connectivity index (χ1) is 14.5. The molecule has 1 aliphatic rings. The quantitative estimate of drug-likeness (QED) is 0.425. The fraction of sp³-hybridized carbons (Fsp3) is 0.130. The third-order valence-corrected chi connectivity index (χ3v) is 6.89. The molecule has 4 rings (SSSR count). The summed E-state index contributed by atoms with van der Waals surface area (Å²) in [4.78, 5) is 10.4. The largest absolute Gasteiger partial charge is 0.269 e. The molecule has 0 atom stereocenters. The van der Waals surface area contributed by atoms with Crippen molar-refractivity contribution >= 4 is 21.4 Å². The van der Waals surface area contributed by atoms with Gasteiger partial charge >= 0.3 is 0 Å². The summed E-state index contributed by atoms with van der Waals surface area (Å²) in [5.41, 5.74) is 3.34. The van der Waals surface area contributed by atoms with Crippen LogP contribution < -0.4 is 0 Å². The van der Waals surface area contributed by atoms with Gasteiger partial charge in [0.1, 0.15) is 0 Å².